The molecule has 0 spiro atoms. The van der Waals surface area contributed by atoms with Gasteiger partial charge in [0.25, 0.3) is 0 Å². The van der Waals surface area contributed by atoms with Crippen LogP contribution < -0.4 is 27.4 Å². The van der Waals surface area contributed by atoms with E-state index in [1.807, 2.05) is 62.4 Å². The van der Waals surface area contributed by atoms with Crippen LogP contribution in [0.15, 0.2) is 53.5 Å². The van der Waals surface area contributed by atoms with E-state index in [-0.39, 0.29) is 43.3 Å². The van der Waals surface area contributed by atoms with Crippen LogP contribution in [0.2, 0.25) is 0 Å². The number of benzene rings is 2. The summed E-state index contributed by atoms with van der Waals surface area (Å²) < 4.78 is 5.64. The predicted molar refractivity (Wildman–Crippen MR) is 168 cm³/mol. The molecule has 2 aromatic carbocycles. The van der Waals surface area contributed by atoms with Crippen molar-refractivity contribution in [1.29, 1.82) is 0 Å². The Morgan fingerprint density at radius 3 is 1.98 bits per heavy atom. The van der Waals surface area contributed by atoms with Gasteiger partial charge in [-0.3, -0.25) is 14.6 Å². The maximum Gasteiger partial charge on any atom is 0.407 e. The van der Waals surface area contributed by atoms with Crippen molar-refractivity contribution in [2.24, 2.45) is 28.3 Å². The highest BCUT2D eigenvalue weighted by Gasteiger charge is 2.33. The van der Waals surface area contributed by atoms with Gasteiger partial charge in [0.2, 0.25) is 11.8 Å². The Morgan fingerprint density at radius 1 is 0.864 bits per heavy atom. The molecule has 8 N–H and O–H groups in total. The molecular weight excluding hydrogens is 564 g/mol. The molecule has 2 aromatic rings. The molecule has 0 saturated heterocycles. The lowest BCUT2D eigenvalue weighted by Gasteiger charge is -2.27. The van der Waals surface area contributed by atoms with E-state index < -0.39 is 42.0 Å². The largest absolute Gasteiger partial charge is 0.480 e. The molecule has 0 aromatic heterocycles. The number of guanidine groups is 1. The first kappa shape index (κ1) is 33.9. The average Bonchev–Trinajstić information content (AvgIpc) is 3.28. The molecule has 0 saturated carbocycles. The van der Waals surface area contributed by atoms with Gasteiger partial charge in [-0.05, 0) is 53.4 Å². The van der Waals surface area contributed by atoms with Crippen molar-refractivity contribution in [2.75, 3.05) is 13.2 Å². The summed E-state index contributed by atoms with van der Waals surface area (Å²) >= 11 is 0. The predicted octanol–water partition coefficient (Wildman–Crippen LogP) is 2.70. The molecule has 0 bridgehead atoms. The third kappa shape index (κ3) is 9.19. The lowest BCUT2D eigenvalue weighted by Crippen LogP contribution is -2.57. The van der Waals surface area contributed by atoms with Gasteiger partial charge in [-0.1, -0.05) is 76.2 Å². The number of carbonyl (C=O) groups is 4. The van der Waals surface area contributed by atoms with Crippen molar-refractivity contribution >= 4 is 29.8 Å². The molecule has 0 unspecified atom stereocenters. The van der Waals surface area contributed by atoms with Crippen molar-refractivity contribution in [1.82, 2.24) is 16.0 Å². The van der Waals surface area contributed by atoms with E-state index in [1.165, 1.54) is 0 Å². The normalized spacial score (nSPS) is 14.1. The summed E-state index contributed by atoms with van der Waals surface area (Å²) in [4.78, 5) is 55.1. The molecule has 0 fully saturated rings. The second-order valence-electron chi connectivity index (χ2n) is 11.7. The van der Waals surface area contributed by atoms with E-state index in [2.05, 4.69) is 20.9 Å². The van der Waals surface area contributed by atoms with Gasteiger partial charge < -0.3 is 37.3 Å². The fourth-order valence-corrected chi connectivity index (χ4v) is 5.30. The smallest absolute Gasteiger partial charge is 0.407 e. The van der Waals surface area contributed by atoms with Crippen LogP contribution in [-0.2, 0) is 19.1 Å². The lowest BCUT2D eigenvalue weighted by atomic mass is 9.98. The number of fused-ring (bicyclic) bond motifs is 3. The highest BCUT2D eigenvalue weighted by Crippen LogP contribution is 2.44. The minimum atomic E-state index is -1.22. The Morgan fingerprint density at radius 2 is 1.45 bits per heavy atom. The van der Waals surface area contributed by atoms with Crippen molar-refractivity contribution in [3.05, 3.63) is 59.7 Å². The number of hydrogen-bond acceptors (Lipinski definition) is 6. The molecule has 1 aliphatic rings. The Bertz CT molecular complexity index is 1310. The van der Waals surface area contributed by atoms with E-state index in [1.54, 1.807) is 13.8 Å². The third-order valence-electron chi connectivity index (χ3n) is 7.47. The van der Waals surface area contributed by atoms with Crippen LogP contribution in [0, 0.1) is 11.8 Å². The molecule has 0 aliphatic heterocycles. The van der Waals surface area contributed by atoms with Gasteiger partial charge in [0.15, 0.2) is 5.96 Å². The second kappa shape index (κ2) is 15.7. The van der Waals surface area contributed by atoms with Crippen LogP contribution in [0.25, 0.3) is 11.1 Å². The summed E-state index contributed by atoms with van der Waals surface area (Å²) in [5.41, 5.74) is 14.9. The average molecular weight is 609 g/mol. The summed E-state index contributed by atoms with van der Waals surface area (Å²) in [5, 5.41) is 17.5. The number of carboxylic acids is 1. The number of carboxylic acid groups (broad SMARTS) is 1. The monoisotopic (exact) mass is 608 g/mol. The summed E-state index contributed by atoms with van der Waals surface area (Å²) in [6, 6.07) is 12.8. The zero-order valence-corrected chi connectivity index (χ0v) is 25.7. The van der Waals surface area contributed by atoms with E-state index in [0.717, 1.165) is 22.3 Å². The van der Waals surface area contributed by atoms with Gasteiger partial charge in [0, 0.05) is 12.5 Å². The van der Waals surface area contributed by atoms with Crippen LogP contribution >= 0.6 is 0 Å². The molecule has 0 heterocycles. The fraction of sp³-hybridized carbons (Fsp3) is 0.469. The van der Waals surface area contributed by atoms with E-state index in [4.69, 9.17) is 16.2 Å². The summed E-state index contributed by atoms with van der Waals surface area (Å²) in [6.45, 7) is 7.58. The summed E-state index contributed by atoms with van der Waals surface area (Å²) in [5.74, 6) is -3.01. The zero-order valence-electron chi connectivity index (χ0n) is 25.7. The maximum atomic E-state index is 13.4. The number of aliphatic imine (C=N–C) groups is 1. The number of nitrogens with two attached hydrogens (primary N) is 2. The zero-order chi connectivity index (χ0) is 32.4. The molecule has 44 heavy (non-hydrogen) atoms. The van der Waals surface area contributed by atoms with E-state index in [0.29, 0.717) is 12.8 Å². The number of rotatable bonds is 15. The number of hydrogen-bond donors (Lipinski definition) is 6. The quantitative estimate of drug-likeness (QED) is 0.101. The topological polar surface area (TPSA) is 198 Å². The molecule has 3 rings (SSSR count). The SMILES string of the molecule is CC(C)C[C@H](NC(=O)OCC1c2ccccc2-c2ccccc21)C(=O)N[C@H](C(=O)N[C@@H](CCCN=C(N)N)C(=O)O)C(C)C. The molecule has 1 aliphatic carbocycles. The van der Waals surface area contributed by atoms with E-state index >= 15 is 0 Å². The van der Waals surface area contributed by atoms with Gasteiger partial charge in [0.1, 0.15) is 24.7 Å². The number of nitrogens with zero attached hydrogens (tertiary/aromatic N) is 1. The number of ether oxygens (including phenoxy) is 1. The van der Waals surface area contributed by atoms with Crippen LogP contribution in [0.4, 0.5) is 4.79 Å². The van der Waals surface area contributed by atoms with Crippen LogP contribution in [0.1, 0.15) is 64.0 Å². The first-order chi connectivity index (χ1) is 20.9. The Balaban J connectivity index is 1.64. The Kier molecular flexibility index (Phi) is 12.1. The molecular formula is C32H44N6O6. The number of aliphatic carboxylic acids is 1. The second-order valence-corrected chi connectivity index (χ2v) is 11.7. The molecule has 0 radical (unpaired) electrons. The molecule has 238 valence electrons. The van der Waals surface area contributed by atoms with Crippen molar-refractivity contribution in [2.45, 2.75) is 71.0 Å². The van der Waals surface area contributed by atoms with Gasteiger partial charge in [-0.2, -0.15) is 0 Å². The number of alkyl carbamates (subject to hydrolysis) is 1. The minimum Gasteiger partial charge on any atom is -0.480 e. The molecule has 12 nitrogen and oxygen atoms in total. The van der Waals surface area contributed by atoms with Crippen LogP contribution in [0.3, 0.4) is 0 Å². The van der Waals surface area contributed by atoms with Crippen LogP contribution in [0.5, 0.6) is 0 Å². The van der Waals surface area contributed by atoms with Gasteiger partial charge in [0.05, 0.1) is 0 Å². The summed E-state index contributed by atoms with van der Waals surface area (Å²) in [7, 11) is 0. The first-order valence-electron chi connectivity index (χ1n) is 14.9. The van der Waals surface area contributed by atoms with Crippen molar-refractivity contribution < 1.29 is 29.0 Å². The summed E-state index contributed by atoms with van der Waals surface area (Å²) in [6.07, 6.45) is -0.0279. The maximum absolute atomic E-state index is 13.4. The molecule has 3 atom stereocenters. The van der Waals surface area contributed by atoms with E-state index in [9.17, 15) is 24.3 Å². The Labute approximate surface area is 258 Å². The van der Waals surface area contributed by atoms with Crippen LogP contribution in [-0.4, -0.2) is 66.2 Å². The van der Waals surface area contributed by atoms with Gasteiger partial charge >= 0.3 is 12.1 Å². The lowest BCUT2D eigenvalue weighted by molar-refractivity contribution is -0.142. The highest BCUT2D eigenvalue weighted by molar-refractivity contribution is 5.93. The van der Waals surface area contributed by atoms with Crippen molar-refractivity contribution in [3.8, 4) is 11.1 Å². The number of nitrogens with one attached hydrogen (secondary N) is 3. The fourth-order valence-electron chi connectivity index (χ4n) is 5.30. The number of carbonyl (C=O) groups excluding carboxylic acids is 3. The molecule has 3 amide bonds. The highest BCUT2D eigenvalue weighted by atomic mass is 16.5. The first-order valence-corrected chi connectivity index (χ1v) is 14.9. The standard InChI is InChI=1S/C32H44N6O6/c1-18(2)16-26(28(39)38-27(19(3)4)29(40)36-25(30(41)42)14-9-15-35-31(33)34)37-32(43)44-17-24-22-12-7-5-10-20(22)21-11-6-8-13-23(21)24/h5-8,10-13,18-19,24-27H,9,14-17H2,1-4H3,(H,36,40)(H,37,43)(H,38,39)(H,41,42)(H4,33,34,35)/t25-,26-,27-/m0/s1. The minimum absolute atomic E-state index is 0.0348. The van der Waals surface area contributed by atoms with Gasteiger partial charge in [-0.15, -0.1) is 0 Å². The van der Waals surface area contributed by atoms with Gasteiger partial charge in [-0.25, -0.2) is 9.59 Å². The molecule has 12 heteroatoms. The Hall–Kier alpha value is -4.61. The number of amides is 3. The third-order valence-corrected chi connectivity index (χ3v) is 7.47. The van der Waals surface area contributed by atoms with Crippen molar-refractivity contribution in [3.63, 3.8) is 0 Å².